The van der Waals surface area contributed by atoms with Crippen molar-refractivity contribution in [3.8, 4) is 51.7 Å². The standard InChI is InChI=1S/C28H21F3N4O3.2C26H18F3N5O2/c1-33-15-17(7-11-24(33)37)21-12-16(14-32)6-8-20(21)26-25-22(9-10-23(25)36)35(27(38)34(26)2)19-5-3-4-18(13-19)28(29,30)31;1-33-24(19-6-5-15(11-30)9-20(19)16-12-31-14-32-13-16)23-21(7-8-22(23)35)34(25(33)36)18-4-2-3-17(10-18)26(27,28)29;1-33-24(18-6-5-15(13-30)11-19(18)20-9-10-31-14-32-20)23-21(7-8-22(23)35)34(25(33)36)17-4-2-3-16(12-17)26(27,28)29/h3-8,11-13,15,26H,9-10H2,1-2H3;2-6,9-10,12-14,24H,7-8H2,1H3;2-6,9-12,14,24H,7-8H2,1H3. The molecule has 0 bridgehead atoms. The molecule has 0 spiro atoms. The number of ketones is 3. The monoisotopic (exact) mass is 1500 g/mol. The van der Waals surface area contributed by atoms with E-state index in [-0.39, 0.29) is 78.5 Å². The summed E-state index contributed by atoms with van der Waals surface area (Å²) < 4.78 is 122. The average molecular weight is 1500 g/mol. The van der Waals surface area contributed by atoms with Crippen molar-refractivity contribution in [3.63, 3.8) is 0 Å². The van der Waals surface area contributed by atoms with Crippen LogP contribution in [0.3, 0.4) is 0 Å². The lowest BCUT2D eigenvalue weighted by molar-refractivity contribution is -0.138. The lowest BCUT2D eigenvalue weighted by Crippen LogP contribution is -2.48. The van der Waals surface area contributed by atoms with Crippen LogP contribution in [0.25, 0.3) is 33.5 Å². The molecular weight excluding hydrogens is 1440 g/mol. The number of allylic oxidation sites excluding steroid dienone is 3. The number of likely N-dealkylation sites (N-methyl/N-ethyl adjacent to an activating group) is 3. The number of pyridine rings is 1. The number of rotatable bonds is 9. The van der Waals surface area contributed by atoms with Crippen LogP contribution in [0.4, 0.5) is 71.0 Å². The van der Waals surface area contributed by atoms with Crippen LogP contribution in [0.5, 0.6) is 0 Å². The number of aryl methyl sites for hydroxylation is 1. The number of benzene rings is 6. The number of Topliss-reactive ketones (excluding diaryl/α,β-unsaturated/α-hetero) is 3. The summed E-state index contributed by atoms with van der Waals surface area (Å²) in [5, 5.41) is 28.4. The second-order valence-electron chi connectivity index (χ2n) is 26.2. The molecule has 0 N–H and O–H groups in total. The van der Waals surface area contributed by atoms with E-state index < -0.39 is 71.4 Å². The summed E-state index contributed by atoms with van der Waals surface area (Å²) in [6, 6.07) is 34.9. The molecule has 3 aliphatic carbocycles. The molecule has 30 heteroatoms. The summed E-state index contributed by atoms with van der Waals surface area (Å²) in [6.07, 6.45) is -3.73. The van der Waals surface area contributed by atoms with E-state index in [0.717, 1.165) is 36.4 Å². The molecule has 0 fully saturated rings. The summed E-state index contributed by atoms with van der Waals surface area (Å²) >= 11 is 0. The molecule has 110 heavy (non-hydrogen) atoms. The highest BCUT2D eigenvalue weighted by molar-refractivity contribution is 6.11. The molecule has 6 aliphatic rings. The maximum absolute atomic E-state index is 13.7. The third-order valence-corrected chi connectivity index (χ3v) is 19.7. The fourth-order valence-corrected chi connectivity index (χ4v) is 14.7. The topological polar surface area (TPSA) is 267 Å². The van der Waals surface area contributed by atoms with E-state index >= 15 is 0 Å². The summed E-state index contributed by atoms with van der Waals surface area (Å²) in [7, 11) is 6.09. The first kappa shape index (κ1) is 74.6. The number of alkyl halides is 9. The molecular formula is C80H57F9N14O7. The molecule has 3 aliphatic heterocycles. The maximum atomic E-state index is 13.7. The van der Waals surface area contributed by atoms with Gasteiger partial charge in [0.1, 0.15) is 12.7 Å². The first-order valence-corrected chi connectivity index (χ1v) is 33.7. The predicted molar refractivity (Wildman–Crippen MR) is 379 cm³/mol. The second-order valence-corrected chi connectivity index (χ2v) is 26.2. The molecule has 6 heterocycles. The summed E-state index contributed by atoms with van der Waals surface area (Å²) in [4.78, 5) is 116. The highest BCUT2D eigenvalue weighted by atomic mass is 19.4. The van der Waals surface area contributed by atoms with Crippen molar-refractivity contribution in [2.75, 3.05) is 35.8 Å². The largest absolute Gasteiger partial charge is 0.416 e. The highest BCUT2D eigenvalue weighted by Crippen LogP contribution is 2.51. The number of aromatic nitrogens is 5. The van der Waals surface area contributed by atoms with Gasteiger partial charge in [0.25, 0.3) is 0 Å². The number of nitriles is 3. The molecule has 21 nitrogen and oxygen atoms in total. The van der Waals surface area contributed by atoms with Crippen LogP contribution >= 0.6 is 0 Å². The fourth-order valence-electron chi connectivity index (χ4n) is 14.7. The van der Waals surface area contributed by atoms with Gasteiger partial charge in [-0.05, 0) is 156 Å². The van der Waals surface area contributed by atoms with E-state index in [1.54, 1.807) is 98.6 Å². The van der Waals surface area contributed by atoms with Gasteiger partial charge in [-0.25, -0.2) is 34.3 Å². The molecule has 6 aromatic carbocycles. The van der Waals surface area contributed by atoms with Crippen molar-refractivity contribution in [2.45, 2.75) is 75.2 Å². The van der Waals surface area contributed by atoms with Gasteiger partial charge in [-0.15, -0.1) is 0 Å². The van der Waals surface area contributed by atoms with Crippen LogP contribution in [0.15, 0.2) is 222 Å². The first-order chi connectivity index (χ1) is 52.4. The molecule has 3 atom stereocenters. The van der Waals surface area contributed by atoms with Gasteiger partial charge < -0.3 is 19.3 Å². The molecule has 0 saturated heterocycles. The van der Waals surface area contributed by atoms with Gasteiger partial charge in [0.05, 0.1) is 92.5 Å². The van der Waals surface area contributed by atoms with Gasteiger partial charge in [0.15, 0.2) is 17.3 Å². The quantitative estimate of drug-likeness (QED) is 0.122. The Morgan fingerprint density at radius 3 is 1.11 bits per heavy atom. The van der Waals surface area contributed by atoms with Crippen molar-refractivity contribution in [1.82, 2.24) is 39.2 Å². The molecule has 15 rings (SSSR count). The Kier molecular flexibility index (Phi) is 19.8. The smallest absolute Gasteiger partial charge is 0.318 e. The Hall–Kier alpha value is -13.7. The van der Waals surface area contributed by atoms with E-state index in [4.69, 9.17) is 0 Å². The SMILES string of the molecule is CN1C(=O)N(c2cccc(C(F)(F)F)c2)C2=C(C(=O)CC2)C1c1ccc(C#N)cc1-c1ccc(=O)n(C)c1.CN1C(=O)N(c2cccc(C(F)(F)F)c2)C2=C(C(=O)CC2)C1c1ccc(C#N)cc1-c1ccncn1.CN1C(=O)N(c2cccc(C(F)(F)F)c2)C2=C(C(=O)CC2)C1c1ccc(C#N)cc1-c1cncnc1. The van der Waals surface area contributed by atoms with Gasteiger partial charge in [0, 0.05) is 123 Å². The molecule has 6 amide bonds. The third-order valence-electron chi connectivity index (χ3n) is 19.7. The Bertz CT molecular complexity index is 5420. The van der Waals surface area contributed by atoms with E-state index in [0.29, 0.717) is 101 Å². The van der Waals surface area contributed by atoms with Gasteiger partial charge >= 0.3 is 36.6 Å². The number of halogens is 9. The third kappa shape index (κ3) is 13.9. The zero-order valence-corrected chi connectivity index (χ0v) is 58.3. The minimum atomic E-state index is -4.60. The Labute approximate surface area is 620 Å². The summed E-state index contributed by atoms with van der Waals surface area (Å²) in [6.45, 7) is 0. The minimum absolute atomic E-state index is 0.0236. The minimum Gasteiger partial charge on any atom is -0.318 e. The fraction of sp³-hybridized carbons (Fsp3) is 0.200. The average Bonchev–Trinajstić information content (AvgIpc) is 1.43. The number of urea groups is 3. The van der Waals surface area contributed by atoms with Crippen molar-refractivity contribution in [2.24, 2.45) is 7.05 Å². The van der Waals surface area contributed by atoms with E-state index in [9.17, 15) is 88.9 Å². The Balaban J connectivity index is 0.000000145. The van der Waals surface area contributed by atoms with Crippen LogP contribution in [0, 0.1) is 34.0 Å². The highest BCUT2D eigenvalue weighted by Gasteiger charge is 2.50. The number of carbonyl (C=O) groups is 6. The van der Waals surface area contributed by atoms with Gasteiger partial charge in [0.2, 0.25) is 5.56 Å². The molecule has 3 unspecified atom stereocenters. The first-order valence-electron chi connectivity index (χ1n) is 33.7. The van der Waals surface area contributed by atoms with Crippen LogP contribution in [0.1, 0.15) is 107 Å². The Morgan fingerprint density at radius 1 is 0.400 bits per heavy atom. The van der Waals surface area contributed by atoms with Crippen LogP contribution in [-0.4, -0.2) is 95.8 Å². The molecule has 3 aromatic heterocycles. The number of anilines is 3. The van der Waals surface area contributed by atoms with E-state index in [1.165, 1.54) is 110 Å². The maximum Gasteiger partial charge on any atom is 0.416 e. The molecule has 9 aromatic rings. The van der Waals surface area contributed by atoms with Crippen molar-refractivity contribution in [1.29, 1.82) is 15.8 Å². The second kappa shape index (κ2) is 29.2. The van der Waals surface area contributed by atoms with Crippen molar-refractivity contribution in [3.05, 3.63) is 277 Å². The van der Waals surface area contributed by atoms with Crippen molar-refractivity contribution < 1.29 is 68.3 Å². The zero-order chi connectivity index (χ0) is 78.6. The van der Waals surface area contributed by atoms with Gasteiger partial charge in [-0.1, -0.05) is 36.4 Å². The van der Waals surface area contributed by atoms with Gasteiger partial charge in [-0.3, -0.25) is 33.9 Å². The normalized spacial score (nSPS) is 17.8. The number of carbonyl (C=O) groups excluding carboxylic acids is 6. The van der Waals surface area contributed by atoms with E-state index in [2.05, 4.69) is 38.1 Å². The number of hydrogen-bond donors (Lipinski definition) is 0. The van der Waals surface area contributed by atoms with Crippen LogP contribution < -0.4 is 20.3 Å². The molecule has 0 saturated carbocycles. The molecule has 0 radical (unpaired) electrons. The lowest BCUT2D eigenvalue weighted by Gasteiger charge is -2.41. The lowest BCUT2D eigenvalue weighted by atomic mass is 9.87. The van der Waals surface area contributed by atoms with Crippen LogP contribution in [0.2, 0.25) is 0 Å². The number of hydrogen-bond acceptors (Lipinski definition) is 14. The zero-order valence-electron chi connectivity index (χ0n) is 58.3. The number of amides is 6. The summed E-state index contributed by atoms with van der Waals surface area (Å²) in [5.41, 5.74) is 5.55. The van der Waals surface area contributed by atoms with Gasteiger partial charge in [-0.2, -0.15) is 55.3 Å². The Morgan fingerprint density at radius 2 is 0.764 bits per heavy atom. The van der Waals surface area contributed by atoms with Crippen molar-refractivity contribution >= 4 is 52.5 Å². The van der Waals surface area contributed by atoms with E-state index in [1.807, 2.05) is 0 Å². The number of nitrogens with zero attached hydrogens (tertiary/aromatic N) is 14. The van der Waals surface area contributed by atoms with Crippen LogP contribution in [-0.2, 0) is 40.0 Å². The molecule has 552 valence electrons. The summed E-state index contributed by atoms with van der Waals surface area (Å²) in [5.74, 6) is -0.590. The predicted octanol–water partition coefficient (Wildman–Crippen LogP) is 15.7.